The third kappa shape index (κ3) is 3.84. The molecule has 0 fully saturated rings. The Labute approximate surface area is 173 Å². The quantitative estimate of drug-likeness (QED) is 0.554. The fourth-order valence-electron chi connectivity index (χ4n) is 3.35. The number of hydrogen-bond donors (Lipinski definition) is 0. The zero-order valence-corrected chi connectivity index (χ0v) is 16.5. The summed E-state index contributed by atoms with van der Waals surface area (Å²) < 4.78 is 0. The molecule has 29 heavy (non-hydrogen) atoms. The average molecular weight is 404 g/mol. The van der Waals surface area contributed by atoms with Crippen LogP contribution in [0.2, 0.25) is 5.02 Å². The van der Waals surface area contributed by atoms with Crippen LogP contribution >= 0.6 is 11.6 Å². The van der Waals surface area contributed by atoms with Gasteiger partial charge in [-0.25, -0.2) is 0 Å². The third-order valence-electron chi connectivity index (χ3n) is 4.94. The average Bonchev–Trinajstić information content (AvgIpc) is 3.19. The van der Waals surface area contributed by atoms with Gasteiger partial charge in [-0.05, 0) is 19.1 Å². The van der Waals surface area contributed by atoms with Crippen molar-refractivity contribution in [1.29, 1.82) is 0 Å². The number of rotatable bonds is 5. The second-order valence-electron chi connectivity index (χ2n) is 6.95. The Kier molecular flexibility index (Phi) is 5.28. The van der Waals surface area contributed by atoms with Gasteiger partial charge in [-0.1, -0.05) is 89.1 Å². The minimum absolute atomic E-state index is 0.206. The lowest BCUT2D eigenvalue weighted by Crippen LogP contribution is -2.37. The molecule has 0 aliphatic carbocycles. The molecular formula is C24H18ClNO3. The number of halogens is 1. The van der Waals surface area contributed by atoms with Gasteiger partial charge in [-0.15, -0.1) is 0 Å². The molecule has 0 spiro atoms. The smallest absolute Gasteiger partial charge is 0.207 e. The maximum Gasteiger partial charge on any atom is 0.207 e. The van der Waals surface area contributed by atoms with Crippen LogP contribution in [-0.2, 0) is 4.84 Å². The molecule has 0 saturated carbocycles. The summed E-state index contributed by atoms with van der Waals surface area (Å²) in [7, 11) is 0. The first kappa shape index (κ1) is 19.1. The number of Topliss-reactive ketones (excluding diaryl/α,β-unsaturated/α-hetero) is 2. The summed E-state index contributed by atoms with van der Waals surface area (Å²) in [6.45, 7) is 1.95. The van der Waals surface area contributed by atoms with Crippen molar-refractivity contribution in [3.63, 3.8) is 0 Å². The molecule has 144 valence electrons. The highest BCUT2D eigenvalue weighted by atomic mass is 35.5. The Morgan fingerprint density at radius 2 is 1.45 bits per heavy atom. The number of nitrogens with zero attached hydrogens (tertiary/aromatic N) is 1. The van der Waals surface area contributed by atoms with Crippen molar-refractivity contribution < 1.29 is 14.4 Å². The van der Waals surface area contributed by atoms with E-state index in [9.17, 15) is 9.59 Å². The molecule has 0 bridgehead atoms. The first-order valence-electron chi connectivity index (χ1n) is 9.24. The summed E-state index contributed by atoms with van der Waals surface area (Å²) in [5.74, 6) is -1.32. The number of carbonyl (C=O) groups is 2. The summed E-state index contributed by atoms with van der Waals surface area (Å²) >= 11 is 5.99. The first-order valence-corrected chi connectivity index (χ1v) is 9.62. The van der Waals surface area contributed by atoms with Gasteiger partial charge < -0.3 is 4.84 Å². The lowest BCUT2D eigenvalue weighted by Gasteiger charge is -2.17. The Hall–Kier alpha value is -3.24. The van der Waals surface area contributed by atoms with E-state index in [1.54, 1.807) is 60.7 Å². The number of benzene rings is 3. The van der Waals surface area contributed by atoms with Crippen LogP contribution < -0.4 is 0 Å². The molecule has 4 nitrogen and oxygen atoms in total. The Morgan fingerprint density at radius 1 is 0.828 bits per heavy atom. The van der Waals surface area contributed by atoms with Crippen molar-refractivity contribution in [2.24, 2.45) is 11.1 Å². The zero-order chi connectivity index (χ0) is 20.4. The van der Waals surface area contributed by atoms with Gasteiger partial charge in [0.1, 0.15) is 11.6 Å². The van der Waals surface area contributed by atoms with E-state index in [4.69, 9.17) is 16.4 Å². The molecule has 5 heteroatoms. The van der Waals surface area contributed by atoms with Gasteiger partial charge in [0.15, 0.2) is 5.78 Å². The van der Waals surface area contributed by atoms with Crippen molar-refractivity contribution in [2.75, 3.05) is 0 Å². The molecule has 0 aromatic heterocycles. The predicted octanol–water partition coefficient (Wildman–Crippen LogP) is 5.13. The molecule has 0 amide bonds. The molecule has 0 radical (unpaired) electrons. The molecule has 2 atom stereocenters. The second kappa shape index (κ2) is 8.02. The Bertz CT molecular complexity index is 1070. The van der Waals surface area contributed by atoms with E-state index in [2.05, 4.69) is 5.16 Å². The number of oxime groups is 1. The van der Waals surface area contributed by atoms with Crippen LogP contribution in [0.3, 0.4) is 0 Å². The van der Waals surface area contributed by atoms with E-state index in [0.717, 1.165) is 5.56 Å². The lowest BCUT2D eigenvalue weighted by molar-refractivity contribution is 0.0424. The molecule has 0 saturated heterocycles. The maximum absolute atomic E-state index is 13.4. The minimum Gasteiger partial charge on any atom is -0.383 e. The molecule has 3 aromatic rings. The Balaban J connectivity index is 1.73. The zero-order valence-electron chi connectivity index (χ0n) is 15.7. The van der Waals surface area contributed by atoms with Gasteiger partial charge in [0.2, 0.25) is 11.9 Å². The normalized spacial score (nSPS) is 18.1. The summed E-state index contributed by atoms with van der Waals surface area (Å²) in [5.41, 5.74) is 3.16. The minimum atomic E-state index is -1.02. The van der Waals surface area contributed by atoms with Crippen LogP contribution in [0.4, 0.5) is 0 Å². The number of hydrogen-bond acceptors (Lipinski definition) is 4. The van der Waals surface area contributed by atoms with E-state index < -0.39 is 12.0 Å². The summed E-state index contributed by atoms with van der Waals surface area (Å²) in [6, 6.07) is 23.1. The van der Waals surface area contributed by atoms with E-state index >= 15 is 0 Å². The van der Waals surface area contributed by atoms with Gasteiger partial charge in [0, 0.05) is 21.7 Å². The van der Waals surface area contributed by atoms with E-state index in [-0.39, 0.29) is 11.6 Å². The van der Waals surface area contributed by atoms with Gasteiger partial charge in [0.05, 0.1) is 0 Å². The van der Waals surface area contributed by atoms with Crippen LogP contribution in [0, 0.1) is 12.8 Å². The highest BCUT2D eigenvalue weighted by Gasteiger charge is 2.45. The van der Waals surface area contributed by atoms with Gasteiger partial charge in [0.25, 0.3) is 0 Å². The molecule has 1 heterocycles. The van der Waals surface area contributed by atoms with Gasteiger partial charge >= 0.3 is 0 Å². The monoisotopic (exact) mass is 403 g/mol. The predicted molar refractivity (Wildman–Crippen MR) is 113 cm³/mol. The number of carbonyl (C=O) groups excluding carboxylic acids is 2. The summed E-state index contributed by atoms with van der Waals surface area (Å²) in [4.78, 5) is 32.1. The summed E-state index contributed by atoms with van der Waals surface area (Å²) in [6.07, 6.45) is -1.02. The second-order valence-corrected chi connectivity index (χ2v) is 7.38. The fourth-order valence-corrected chi connectivity index (χ4v) is 3.48. The van der Waals surface area contributed by atoms with E-state index in [1.165, 1.54) is 0 Å². The summed E-state index contributed by atoms with van der Waals surface area (Å²) in [5, 5.41) is 4.72. The number of ketones is 2. The molecule has 1 aliphatic heterocycles. The van der Waals surface area contributed by atoms with Crippen molar-refractivity contribution in [3.05, 3.63) is 106 Å². The first-order chi connectivity index (χ1) is 14.0. The van der Waals surface area contributed by atoms with Crippen molar-refractivity contribution in [1.82, 2.24) is 0 Å². The van der Waals surface area contributed by atoms with Crippen molar-refractivity contribution in [2.45, 2.75) is 13.0 Å². The standard InChI is InChI=1S/C24H18ClNO3/c1-15-7-9-18(10-8-15)23(28)24-20(22(27)17-5-3-2-4-6-17)21(26-29-24)16-11-13-19(25)14-12-16/h2-14,20,24H,1H3/t20-,24+/m0/s1. The van der Waals surface area contributed by atoms with Crippen LogP contribution in [0.25, 0.3) is 0 Å². The molecule has 4 rings (SSSR count). The van der Waals surface area contributed by atoms with Crippen molar-refractivity contribution in [3.8, 4) is 0 Å². The Morgan fingerprint density at radius 3 is 2.10 bits per heavy atom. The van der Waals surface area contributed by atoms with E-state index in [1.807, 2.05) is 25.1 Å². The third-order valence-corrected chi connectivity index (χ3v) is 5.19. The number of aryl methyl sites for hydroxylation is 1. The van der Waals surface area contributed by atoms with Crippen molar-refractivity contribution >= 4 is 28.9 Å². The van der Waals surface area contributed by atoms with Crippen LogP contribution in [0.15, 0.2) is 84.0 Å². The molecule has 1 aliphatic rings. The molecule has 0 unspecified atom stereocenters. The molecule has 0 N–H and O–H groups in total. The largest absolute Gasteiger partial charge is 0.383 e. The SMILES string of the molecule is Cc1ccc(C(=O)[C@@H]2ON=C(c3ccc(Cl)cc3)[C@H]2C(=O)c2ccccc2)cc1. The fraction of sp³-hybridized carbons (Fsp3) is 0.125. The van der Waals surface area contributed by atoms with Gasteiger partial charge in [-0.3, -0.25) is 9.59 Å². The maximum atomic E-state index is 13.4. The molecule has 3 aromatic carbocycles. The van der Waals surface area contributed by atoms with Gasteiger partial charge in [-0.2, -0.15) is 0 Å². The highest BCUT2D eigenvalue weighted by molar-refractivity contribution is 6.31. The van der Waals surface area contributed by atoms with E-state index in [0.29, 0.717) is 27.4 Å². The van der Waals surface area contributed by atoms with Crippen LogP contribution in [-0.4, -0.2) is 23.4 Å². The topological polar surface area (TPSA) is 55.7 Å². The van der Waals surface area contributed by atoms with Crippen LogP contribution in [0.5, 0.6) is 0 Å². The molecular weight excluding hydrogens is 386 g/mol. The highest BCUT2D eigenvalue weighted by Crippen LogP contribution is 2.30. The van der Waals surface area contributed by atoms with Crippen LogP contribution in [0.1, 0.15) is 31.8 Å². The lowest BCUT2D eigenvalue weighted by atomic mass is 9.83.